The Bertz CT molecular complexity index is 159. The molecule has 75 valence electrons. The van der Waals surface area contributed by atoms with Crippen LogP contribution in [0, 0.1) is 0 Å². The van der Waals surface area contributed by atoms with Gasteiger partial charge in [0.05, 0.1) is 0 Å². The van der Waals surface area contributed by atoms with Crippen molar-refractivity contribution in [1.82, 2.24) is 9.80 Å². The third kappa shape index (κ3) is 1.97. The molecule has 0 aromatic rings. The molecule has 3 heteroatoms. The van der Waals surface area contributed by atoms with Gasteiger partial charge in [-0.3, -0.25) is 0 Å². The second-order valence-corrected chi connectivity index (χ2v) is 4.23. The predicted octanol–water partition coefficient (Wildman–Crippen LogP) is 1.06. The Kier molecular flexibility index (Phi) is 3.47. The van der Waals surface area contributed by atoms with Gasteiger partial charge in [0, 0.05) is 0 Å². The zero-order valence-electron chi connectivity index (χ0n) is 8.26. The molecule has 2 nitrogen and oxygen atoms in total. The molecule has 1 saturated heterocycles. The van der Waals surface area contributed by atoms with E-state index >= 15 is 0 Å². The molecule has 0 unspecified atom stereocenters. The van der Waals surface area contributed by atoms with Crippen molar-refractivity contribution in [3.63, 3.8) is 0 Å². The summed E-state index contributed by atoms with van der Waals surface area (Å²) in [5.41, 5.74) is 0. The van der Waals surface area contributed by atoms with Crippen molar-refractivity contribution in [2.75, 3.05) is 13.1 Å². The van der Waals surface area contributed by atoms with Crippen molar-refractivity contribution in [2.45, 2.75) is 39.8 Å². The Morgan fingerprint density at radius 2 is 1.33 bits per heavy atom. The summed E-state index contributed by atoms with van der Waals surface area (Å²) in [7, 11) is 0. The molecule has 1 heterocycles. The maximum atomic E-state index is 5.52. The summed E-state index contributed by atoms with van der Waals surface area (Å²) in [6.45, 7) is 10.9. The van der Waals surface area contributed by atoms with Gasteiger partial charge in [0.25, 0.3) is 0 Å². The van der Waals surface area contributed by atoms with Crippen LogP contribution in [-0.4, -0.2) is 39.6 Å². The van der Waals surface area contributed by atoms with E-state index in [4.69, 9.17) is 15.6 Å². The van der Waals surface area contributed by atoms with Gasteiger partial charge in [-0.2, -0.15) is 0 Å². The zero-order valence-corrected chi connectivity index (χ0v) is 9.21. The summed E-state index contributed by atoms with van der Waals surface area (Å²) in [6.07, 6.45) is 0. The third-order valence-electron chi connectivity index (χ3n) is 2.26. The van der Waals surface area contributed by atoms with Crippen molar-refractivity contribution in [2.24, 2.45) is 0 Å². The first-order valence-corrected chi connectivity index (χ1v) is 5.03. The Labute approximate surface area is 83.3 Å². The maximum absolute atomic E-state index is 5.52. The molecule has 0 aliphatic carbocycles. The van der Waals surface area contributed by atoms with Crippen molar-refractivity contribution >= 4 is 4.67 Å². The van der Waals surface area contributed by atoms with Gasteiger partial charge < -0.3 is 0 Å². The fourth-order valence-electron chi connectivity index (χ4n) is 1.45. The molecule has 0 radical (unpaired) electrons. The molecular weight excluding hydrogens is 200 g/mol. The van der Waals surface area contributed by atoms with E-state index in [2.05, 4.69) is 37.5 Å². The van der Waals surface area contributed by atoms with E-state index in [0.29, 0.717) is 12.1 Å². The van der Waals surface area contributed by atoms with Gasteiger partial charge in [-0.15, -0.1) is 0 Å². The number of nitrogens with zero attached hydrogens (tertiary/aromatic N) is 2. The summed E-state index contributed by atoms with van der Waals surface area (Å²) in [5, 5.41) is 0. The van der Waals surface area contributed by atoms with E-state index in [9.17, 15) is 0 Å². The SMILES string of the molecule is CC(C)N1CCN(C(C)C)[C]1=[Cu]. The topological polar surface area (TPSA) is 6.48 Å². The first kappa shape index (κ1) is 10.4. The molecule has 0 N–H and O–H groups in total. The monoisotopic (exact) mass is 217 g/mol. The summed E-state index contributed by atoms with van der Waals surface area (Å²) >= 11 is 5.52. The molecule has 1 aliphatic rings. The van der Waals surface area contributed by atoms with Crippen LogP contribution in [0.4, 0.5) is 0 Å². The van der Waals surface area contributed by atoms with Crippen molar-refractivity contribution in [3.05, 3.63) is 0 Å². The van der Waals surface area contributed by atoms with E-state index < -0.39 is 0 Å². The van der Waals surface area contributed by atoms with Crippen LogP contribution in [0.3, 0.4) is 0 Å². The van der Waals surface area contributed by atoms with Crippen LogP contribution in [0.15, 0.2) is 0 Å². The molecular formula is C9H18CuN2. The zero-order chi connectivity index (χ0) is 9.30. The molecule has 1 aliphatic heterocycles. The summed E-state index contributed by atoms with van der Waals surface area (Å²) in [6, 6.07) is 1.08. The second kappa shape index (κ2) is 4.01. The Morgan fingerprint density at radius 3 is 1.50 bits per heavy atom. The van der Waals surface area contributed by atoms with Crippen LogP contribution in [-0.2, 0) is 15.6 Å². The van der Waals surface area contributed by atoms with Gasteiger partial charge in [0.1, 0.15) is 0 Å². The van der Waals surface area contributed by atoms with Gasteiger partial charge >= 0.3 is 82.9 Å². The molecule has 12 heavy (non-hydrogen) atoms. The second-order valence-electron chi connectivity index (χ2n) is 3.81. The van der Waals surface area contributed by atoms with Crippen LogP contribution in [0.2, 0.25) is 0 Å². The van der Waals surface area contributed by atoms with E-state index in [1.807, 2.05) is 0 Å². The van der Waals surface area contributed by atoms with Crippen LogP contribution in [0.5, 0.6) is 0 Å². The van der Waals surface area contributed by atoms with Gasteiger partial charge in [-0.05, 0) is 0 Å². The van der Waals surface area contributed by atoms with Gasteiger partial charge in [0.15, 0.2) is 0 Å². The average molecular weight is 218 g/mol. The predicted molar refractivity (Wildman–Crippen MR) is 48.7 cm³/mol. The van der Waals surface area contributed by atoms with E-state index in [0.717, 1.165) is 17.8 Å². The molecule has 1 fully saturated rings. The van der Waals surface area contributed by atoms with E-state index in [1.54, 1.807) is 0 Å². The Balaban J connectivity index is 2.61. The molecule has 0 aromatic heterocycles. The quantitative estimate of drug-likeness (QED) is 0.639. The molecule has 0 amide bonds. The molecule has 0 spiro atoms. The first-order valence-electron chi connectivity index (χ1n) is 4.56. The molecule has 0 bridgehead atoms. The van der Waals surface area contributed by atoms with Crippen LogP contribution < -0.4 is 0 Å². The Morgan fingerprint density at radius 1 is 1.00 bits per heavy atom. The molecule has 1 rings (SSSR count). The standard InChI is InChI=1S/C9H18N2.Cu/c1-8(2)10-5-6-11(7-10)9(3)4;/h8-9H,5-6H2,1-4H3;. The fraction of sp³-hybridized carbons (Fsp3) is 0.889. The summed E-state index contributed by atoms with van der Waals surface area (Å²) in [5.74, 6) is 0. The van der Waals surface area contributed by atoms with Crippen LogP contribution in [0.1, 0.15) is 27.7 Å². The average Bonchev–Trinajstić information content (AvgIpc) is 2.30. The van der Waals surface area contributed by atoms with Gasteiger partial charge in [0.2, 0.25) is 0 Å². The number of rotatable bonds is 2. The third-order valence-corrected chi connectivity index (χ3v) is 2.80. The number of hydrogen-bond acceptors (Lipinski definition) is 2. The van der Waals surface area contributed by atoms with Crippen LogP contribution >= 0.6 is 0 Å². The van der Waals surface area contributed by atoms with E-state index in [-0.39, 0.29) is 0 Å². The molecule has 0 aromatic carbocycles. The number of hydrogen-bond donors (Lipinski definition) is 0. The first-order chi connectivity index (χ1) is 5.54. The van der Waals surface area contributed by atoms with Gasteiger partial charge in [-0.1, -0.05) is 0 Å². The van der Waals surface area contributed by atoms with Crippen LogP contribution in [0.25, 0.3) is 0 Å². The Hall–Kier alpha value is 0.309. The fourth-order valence-corrected chi connectivity index (χ4v) is 2.15. The summed E-state index contributed by atoms with van der Waals surface area (Å²) < 4.78 is 1.01. The normalized spacial score (nSPS) is 21.8. The molecule has 0 saturated carbocycles. The van der Waals surface area contributed by atoms with Crippen molar-refractivity contribution in [1.29, 1.82) is 0 Å². The summed E-state index contributed by atoms with van der Waals surface area (Å²) in [4.78, 5) is 4.56. The van der Waals surface area contributed by atoms with Crippen molar-refractivity contribution < 1.29 is 15.6 Å². The van der Waals surface area contributed by atoms with Crippen molar-refractivity contribution in [3.8, 4) is 0 Å². The molecule has 0 atom stereocenters. The minimum atomic E-state index is 0.538. The minimum absolute atomic E-state index is 0.538. The van der Waals surface area contributed by atoms with E-state index in [1.165, 1.54) is 0 Å². The van der Waals surface area contributed by atoms with Gasteiger partial charge in [-0.25, -0.2) is 0 Å².